The van der Waals surface area contributed by atoms with Crippen molar-refractivity contribution in [3.63, 3.8) is 0 Å². The van der Waals surface area contributed by atoms with Crippen molar-refractivity contribution in [1.29, 1.82) is 0 Å². The van der Waals surface area contributed by atoms with Crippen LogP contribution in [0.5, 0.6) is 5.75 Å². The molecule has 0 aliphatic rings. The van der Waals surface area contributed by atoms with Crippen LogP contribution in [0.15, 0.2) is 24.3 Å². The summed E-state index contributed by atoms with van der Waals surface area (Å²) in [6.07, 6.45) is 0. The molecule has 1 aromatic carbocycles. The van der Waals surface area contributed by atoms with Crippen LogP contribution in [0, 0.1) is 0 Å². The maximum Gasteiger partial charge on any atom is 0.491 e. The average molecular weight is 180 g/mol. The highest BCUT2D eigenvalue weighted by Gasteiger charge is 2.14. The van der Waals surface area contributed by atoms with Crippen molar-refractivity contribution in [2.24, 2.45) is 0 Å². The first-order valence-corrected chi connectivity index (χ1v) is 4.21. The zero-order valence-electron chi connectivity index (χ0n) is 7.86. The molecular weight excluding hydrogens is 167 g/mol. The smallest absolute Gasteiger partial charge is 0.491 e. The van der Waals surface area contributed by atoms with Crippen molar-refractivity contribution in [3.05, 3.63) is 24.3 Å². The first kappa shape index (κ1) is 10.1. The number of ether oxygens (including phenoxy) is 1. The van der Waals surface area contributed by atoms with Crippen LogP contribution in [-0.4, -0.2) is 25.9 Å². The molecule has 0 spiro atoms. The van der Waals surface area contributed by atoms with Gasteiger partial charge in [0, 0.05) is 6.61 Å². The Balaban J connectivity index is 2.67. The summed E-state index contributed by atoms with van der Waals surface area (Å²) in [6.45, 7) is 2.33. The fourth-order valence-electron chi connectivity index (χ4n) is 1.02. The molecule has 0 fully saturated rings. The van der Waals surface area contributed by atoms with Gasteiger partial charge >= 0.3 is 7.12 Å². The molecule has 0 bridgehead atoms. The lowest BCUT2D eigenvalue weighted by Gasteiger charge is -2.06. The van der Waals surface area contributed by atoms with Crippen molar-refractivity contribution < 1.29 is 14.4 Å². The predicted molar refractivity (Wildman–Crippen MR) is 52.2 cm³/mol. The van der Waals surface area contributed by atoms with Crippen LogP contribution in [0.1, 0.15) is 6.92 Å². The molecular formula is C9H13BO3. The summed E-state index contributed by atoms with van der Waals surface area (Å²) in [7, 11) is 0.768. The number of rotatable bonds is 4. The zero-order valence-corrected chi connectivity index (χ0v) is 7.86. The highest BCUT2D eigenvalue weighted by atomic mass is 16.5. The van der Waals surface area contributed by atoms with Crippen LogP contribution in [0.4, 0.5) is 0 Å². The van der Waals surface area contributed by atoms with Gasteiger partial charge in [0.2, 0.25) is 0 Å². The quantitative estimate of drug-likeness (QED) is 0.682. The van der Waals surface area contributed by atoms with Gasteiger partial charge in [0.05, 0.1) is 7.11 Å². The molecule has 1 aromatic rings. The molecule has 3 nitrogen and oxygen atoms in total. The molecule has 0 saturated carbocycles. The highest BCUT2D eigenvalue weighted by Crippen LogP contribution is 2.05. The Kier molecular flexibility index (Phi) is 3.80. The van der Waals surface area contributed by atoms with Crippen LogP contribution in [-0.2, 0) is 4.65 Å². The van der Waals surface area contributed by atoms with E-state index in [1.165, 1.54) is 0 Å². The fourth-order valence-corrected chi connectivity index (χ4v) is 1.02. The molecule has 13 heavy (non-hydrogen) atoms. The summed E-state index contributed by atoms with van der Waals surface area (Å²) in [5, 5.41) is 9.42. The maximum atomic E-state index is 9.42. The van der Waals surface area contributed by atoms with Crippen LogP contribution in [0.2, 0.25) is 0 Å². The number of hydrogen-bond acceptors (Lipinski definition) is 3. The standard InChI is InChI=1S/C9H13BO3/c1-3-13-10(11)8-4-6-9(12-2)7-5-8/h4-7,11H,3H2,1-2H3. The molecule has 0 saturated heterocycles. The molecule has 0 aliphatic heterocycles. The summed E-state index contributed by atoms with van der Waals surface area (Å²) in [4.78, 5) is 0. The average Bonchev–Trinajstić information content (AvgIpc) is 2.18. The summed E-state index contributed by atoms with van der Waals surface area (Å²) in [6, 6.07) is 7.13. The molecule has 1 rings (SSSR count). The molecule has 0 amide bonds. The van der Waals surface area contributed by atoms with Gasteiger partial charge in [0.15, 0.2) is 0 Å². The number of hydrogen-bond donors (Lipinski definition) is 1. The third-order valence-corrected chi connectivity index (χ3v) is 1.73. The van der Waals surface area contributed by atoms with Crippen LogP contribution < -0.4 is 10.2 Å². The van der Waals surface area contributed by atoms with Crippen molar-refractivity contribution in [3.8, 4) is 5.75 Å². The highest BCUT2D eigenvalue weighted by molar-refractivity contribution is 6.59. The van der Waals surface area contributed by atoms with Crippen LogP contribution in [0.25, 0.3) is 0 Å². The molecule has 1 N–H and O–H groups in total. The zero-order chi connectivity index (χ0) is 9.68. The third-order valence-electron chi connectivity index (χ3n) is 1.73. The van der Waals surface area contributed by atoms with E-state index in [0.29, 0.717) is 6.61 Å². The normalized spacial score (nSPS) is 9.77. The molecule has 0 unspecified atom stereocenters. The minimum atomic E-state index is -0.837. The minimum absolute atomic E-state index is 0.493. The van der Waals surface area contributed by atoms with E-state index in [2.05, 4.69) is 0 Å². The van der Waals surface area contributed by atoms with E-state index in [9.17, 15) is 5.02 Å². The van der Waals surface area contributed by atoms with Gasteiger partial charge in [-0.05, 0) is 24.5 Å². The molecule has 0 heterocycles. The van der Waals surface area contributed by atoms with Gasteiger partial charge in [0.25, 0.3) is 0 Å². The van der Waals surface area contributed by atoms with Gasteiger partial charge in [-0.25, -0.2) is 0 Å². The maximum absolute atomic E-state index is 9.42. The molecule has 0 atom stereocenters. The Morgan fingerprint density at radius 2 is 1.92 bits per heavy atom. The van der Waals surface area contributed by atoms with Crippen LogP contribution >= 0.6 is 0 Å². The Hall–Kier alpha value is -0.995. The van der Waals surface area contributed by atoms with E-state index in [0.717, 1.165) is 11.2 Å². The summed E-state index contributed by atoms with van der Waals surface area (Å²) < 4.78 is 10.0. The van der Waals surface area contributed by atoms with E-state index in [1.54, 1.807) is 31.4 Å². The first-order valence-electron chi connectivity index (χ1n) is 4.21. The summed E-state index contributed by atoms with van der Waals surface area (Å²) in [5.74, 6) is 0.771. The molecule has 0 aromatic heterocycles. The Morgan fingerprint density at radius 1 is 1.31 bits per heavy atom. The number of benzene rings is 1. The van der Waals surface area contributed by atoms with E-state index >= 15 is 0 Å². The second-order valence-corrected chi connectivity index (χ2v) is 2.58. The first-order chi connectivity index (χ1) is 6.27. The molecule has 0 radical (unpaired) electrons. The Bertz CT molecular complexity index is 248. The van der Waals surface area contributed by atoms with E-state index in [1.807, 2.05) is 6.92 Å². The van der Waals surface area contributed by atoms with Gasteiger partial charge in [-0.1, -0.05) is 12.1 Å². The van der Waals surface area contributed by atoms with E-state index in [-0.39, 0.29) is 0 Å². The second kappa shape index (κ2) is 4.89. The second-order valence-electron chi connectivity index (χ2n) is 2.58. The Morgan fingerprint density at radius 3 is 2.38 bits per heavy atom. The van der Waals surface area contributed by atoms with Crippen molar-refractivity contribution >= 4 is 12.6 Å². The van der Waals surface area contributed by atoms with Crippen molar-refractivity contribution in [2.75, 3.05) is 13.7 Å². The van der Waals surface area contributed by atoms with Crippen molar-refractivity contribution in [2.45, 2.75) is 6.92 Å². The molecule has 0 aliphatic carbocycles. The van der Waals surface area contributed by atoms with Crippen molar-refractivity contribution in [1.82, 2.24) is 0 Å². The lowest BCUT2D eigenvalue weighted by atomic mass is 9.80. The summed E-state index contributed by atoms with van der Waals surface area (Å²) in [5.41, 5.74) is 0.739. The lowest BCUT2D eigenvalue weighted by molar-refractivity contribution is 0.287. The monoisotopic (exact) mass is 180 g/mol. The minimum Gasteiger partial charge on any atom is -0.497 e. The fraction of sp³-hybridized carbons (Fsp3) is 0.333. The van der Waals surface area contributed by atoms with Gasteiger partial charge in [0.1, 0.15) is 5.75 Å². The molecule has 4 heteroatoms. The molecule has 70 valence electrons. The lowest BCUT2D eigenvalue weighted by Crippen LogP contribution is -2.33. The third kappa shape index (κ3) is 2.75. The SMILES string of the molecule is CCOB(O)c1ccc(OC)cc1. The number of methoxy groups -OCH3 is 1. The van der Waals surface area contributed by atoms with Crippen LogP contribution in [0.3, 0.4) is 0 Å². The van der Waals surface area contributed by atoms with E-state index < -0.39 is 7.12 Å². The van der Waals surface area contributed by atoms with Gasteiger partial charge in [-0.15, -0.1) is 0 Å². The van der Waals surface area contributed by atoms with E-state index in [4.69, 9.17) is 9.39 Å². The topological polar surface area (TPSA) is 38.7 Å². The Labute approximate surface area is 78.4 Å². The van der Waals surface area contributed by atoms with Gasteiger partial charge < -0.3 is 14.4 Å². The summed E-state index contributed by atoms with van der Waals surface area (Å²) >= 11 is 0. The predicted octanol–water partition coefficient (Wildman–Crippen LogP) is 0.419. The van der Waals surface area contributed by atoms with Gasteiger partial charge in [-0.3, -0.25) is 0 Å². The van der Waals surface area contributed by atoms with Gasteiger partial charge in [-0.2, -0.15) is 0 Å². The largest absolute Gasteiger partial charge is 0.497 e.